The predicted molar refractivity (Wildman–Crippen MR) is 178 cm³/mol. The first kappa shape index (κ1) is 34.1. The van der Waals surface area contributed by atoms with E-state index in [-0.39, 0.29) is 29.1 Å². The Hall–Kier alpha value is -2.78. The van der Waals surface area contributed by atoms with Gasteiger partial charge in [0.1, 0.15) is 12.6 Å². The molecule has 0 spiro atoms. The Bertz CT molecular complexity index is 1570. The molecule has 7 nitrogen and oxygen atoms in total. The van der Waals surface area contributed by atoms with Crippen LogP contribution in [0.5, 0.6) is 0 Å². The molecular formula is C33H38Cl3N3O4S. The first-order chi connectivity index (χ1) is 20.9. The minimum atomic E-state index is -4.22. The topological polar surface area (TPSA) is 86.8 Å². The Morgan fingerprint density at radius 1 is 0.909 bits per heavy atom. The standard InChI is InChI=1S/C33H38Cl3N3O4S/c1-4-31(33(41)37-24-9-6-5-7-10-24)38(20-27-28(34)11-8-12-29(27)35)32(40)21-39(25-16-15-23(3)30(36)19-25)44(42,43)26-17-13-22(2)14-18-26/h8,11-19,24,31H,4-7,9-10,20-21H2,1-3H3,(H,37,41)/t31-/m0/s1. The second kappa shape index (κ2) is 15.0. The molecule has 0 aliphatic heterocycles. The SMILES string of the molecule is CC[C@@H](C(=O)NC1CCCCC1)N(Cc1c(Cl)cccc1Cl)C(=O)CN(c1ccc(C)c(Cl)c1)S(=O)(=O)c1ccc(C)cc1. The van der Waals surface area contributed by atoms with Crippen molar-refractivity contribution in [3.63, 3.8) is 0 Å². The van der Waals surface area contributed by atoms with Crippen LogP contribution in [0.15, 0.2) is 65.6 Å². The van der Waals surface area contributed by atoms with E-state index in [1.807, 2.05) is 20.8 Å². The lowest BCUT2D eigenvalue weighted by Gasteiger charge is -2.35. The van der Waals surface area contributed by atoms with Crippen molar-refractivity contribution in [3.8, 4) is 0 Å². The number of carbonyl (C=O) groups excluding carboxylic acids is 2. The largest absolute Gasteiger partial charge is 0.352 e. The number of benzene rings is 3. The summed E-state index contributed by atoms with van der Waals surface area (Å²) in [4.78, 5) is 29.5. The number of aryl methyl sites for hydroxylation is 2. The van der Waals surface area contributed by atoms with Crippen LogP contribution >= 0.6 is 34.8 Å². The zero-order valence-corrected chi connectivity index (χ0v) is 28.2. The van der Waals surface area contributed by atoms with Crippen molar-refractivity contribution < 1.29 is 18.0 Å². The van der Waals surface area contributed by atoms with Crippen LogP contribution in [0, 0.1) is 13.8 Å². The van der Waals surface area contributed by atoms with E-state index >= 15 is 0 Å². The van der Waals surface area contributed by atoms with E-state index in [9.17, 15) is 18.0 Å². The van der Waals surface area contributed by atoms with Gasteiger partial charge in [-0.25, -0.2) is 8.42 Å². The van der Waals surface area contributed by atoms with Gasteiger partial charge in [0.2, 0.25) is 11.8 Å². The number of sulfonamides is 1. The third kappa shape index (κ3) is 8.08. The molecule has 1 N–H and O–H groups in total. The van der Waals surface area contributed by atoms with E-state index in [0.29, 0.717) is 27.1 Å². The van der Waals surface area contributed by atoms with Gasteiger partial charge in [0.15, 0.2) is 0 Å². The molecular weight excluding hydrogens is 641 g/mol. The molecule has 0 unspecified atom stereocenters. The van der Waals surface area contributed by atoms with Crippen LogP contribution in [-0.4, -0.2) is 43.8 Å². The number of hydrogen-bond donors (Lipinski definition) is 1. The van der Waals surface area contributed by atoms with Gasteiger partial charge in [0.05, 0.1) is 10.6 Å². The van der Waals surface area contributed by atoms with Gasteiger partial charge in [0.25, 0.3) is 10.0 Å². The molecule has 1 fully saturated rings. The molecule has 0 aromatic heterocycles. The number of hydrogen-bond acceptors (Lipinski definition) is 4. The molecule has 1 atom stereocenters. The van der Waals surface area contributed by atoms with Crippen molar-refractivity contribution in [2.24, 2.45) is 0 Å². The summed E-state index contributed by atoms with van der Waals surface area (Å²) in [5.74, 6) is -0.874. The van der Waals surface area contributed by atoms with Crippen LogP contribution in [-0.2, 0) is 26.2 Å². The molecule has 44 heavy (non-hydrogen) atoms. The number of anilines is 1. The first-order valence-electron chi connectivity index (χ1n) is 14.8. The molecule has 11 heteroatoms. The van der Waals surface area contributed by atoms with E-state index in [1.54, 1.807) is 42.5 Å². The van der Waals surface area contributed by atoms with Gasteiger partial charge in [-0.3, -0.25) is 13.9 Å². The van der Waals surface area contributed by atoms with Crippen LogP contribution in [0.4, 0.5) is 5.69 Å². The van der Waals surface area contributed by atoms with Crippen LogP contribution in [0.1, 0.15) is 62.1 Å². The van der Waals surface area contributed by atoms with E-state index in [2.05, 4.69) is 5.32 Å². The molecule has 2 amide bonds. The highest BCUT2D eigenvalue weighted by Crippen LogP contribution is 2.31. The lowest BCUT2D eigenvalue weighted by atomic mass is 9.95. The molecule has 1 aliphatic rings. The molecule has 4 rings (SSSR count). The predicted octanol–water partition coefficient (Wildman–Crippen LogP) is 7.72. The van der Waals surface area contributed by atoms with Crippen molar-refractivity contribution in [3.05, 3.63) is 92.4 Å². The minimum Gasteiger partial charge on any atom is -0.352 e. The molecule has 3 aromatic rings. The van der Waals surface area contributed by atoms with E-state index in [0.717, 1.165) is 47.5 Å². The maximum absolute atomic E-state index is 14.4. The summed E-state index contributed by atoms with van der Waals surface area (Å²) in [7, 11) is -4.22. The lowest BCUT2D eigenvalue weighted by Crippen LogP contribution is -2.54. The summed E-state index contributed by atoms with van der Waals surface area (Å²) in [6.07, 6.45) is 5.25. The Labute approximate surface area is 275 Å². The first-order valence-corrected chi connectivity index (χ1v) is 17.4. The minimum absolute atomic E-state index is 0.0235. The molecule has 1 saturated carbocycles. The third-order valence-electron chi connectivity index (χ3n) is 8.06. The van der Waals surface area contributed by atoms with Gasteiger partial charge in [-0.2, -0.15) is 0 Å². The van der Waals surface area contributed by atoms with Crippen molar-refractivity contribution >= 4 is 62.3 Å². The summed E-state index contributed by atoms with van der Waals surface area (Å²) < 4.78 is 29.2. The van der Waals surface area contributed by atoms with E-state index < -0.39 is 28.5 Å². The van der Waals surface area contributed by atoms with Gasteiger partial charge < -0.3 is 10.2 Å². The van der Waals surface area contributed by atoms with Crippen molar-refractivity contribution in [2.45, 2.75) is 82.8 Å². The van der Waals surface area contributed by atoms with Gasteiger partial charge in [-0.05, 0) is 75.1 Å². The Morgan fingerprint density at radius 2 is 1.55 bits per heavy atom. The van der Waals surface area contributed by atoms with Gasteiger partial charge >= 0.3 is 0 Å². The number of halogens is 3. The number of nitrogens with one attached hydrogen (secondary N) is 1. The second-order valence-electron chi connectivity index (χ2n) is 11.2. The van der Waals surface area contributed by atoms with E-state index in [4.69, 9.17) is 34.8 Å². The number of nitrogens with zero attached hydrogens (tertiary/aromatic N) is 2. The normalized spacial score (nSPS) is 14.6. The molecule has 3 aromatic carbocycles. The lowest BCUT2D eigenvalue weighted by molar-refractivity contribution is -0.140. The van der Waals surface area contributed by atoms with Crippen LogP contribution < -0.4 is 9.62 Å². The smallest absolute Gasteiger partial charge is 0.264 e. The summed E-state index contributed by atoms with van der Waals surface area (Å²) in [5.41, 5.74) is 2.35. The summed E-state index contributed by atoms with van der Waals surface area (Å²) in [6.45, 7) is 4.83. The second-order valence-corrected chi connectivity index (χ2v) is 14.3. The van der Waals surface area contributed by atoms with Crippen molar-refractivity contribution in [2.75, 3.05) is 10.8 Å². The molecule has 0 bridgehead atoms. The van der Waals surface area contributed by atoms with Gasteiger partial charge in [-0.1, -0.05) is 90.8 Å². The molecule has 0 radical (unpaired) electrons. The summed E-state index contributed by atoms with van der Waals surface area (Å²) >= 11 is 19.5. The molecule has 236 valence electrons. The fourth-order valence-electron chi connectivity index (χ4n) is 5.42. The maximum atomic E-state index is 14.4. The van der Waals surface area contributed by atoms with Crippen molar-refractivity contribution in [1.82, 2.24) is 10.2 Å². The summed E-state index contributed by atoms with van der Waals surface area (Å²) in [6, 6.07) is 15.4. The zero-order valence-electron chi connectivity index (χ0n) is 25.2. The monoisotopic (exact) mass is 677 g/mol. The fourth-order valence-corrected chi connectivity index (χ4v) is 7.52. The highest BCUT2D eigenvalue weighted by Gasteiger charge is 2.35. The van der Waals surface area contributed by atoms with Gasteiger partial charge in [0, 0.05) is 33.2 Å². The third-order valence-corrected chi connectivity index (χ3v) is 11.0. The zero-order chi connectivity index (χ0) is 32.0. The summed E-state index contributed by atoms with van der Waals surface area (Å²) in [5, 5.41) is 4.17. The van der Waals surface area contributed by atoms with E-state index in [1.165, 1.54) is 23.1 Å². The van der Waals surface area contributed by atoms with Crippen molar-refractivity contribution in [1.29, 1.82) is 0 Å². The Kier molecular flexibility index (Phi) is 11.6. The van der Waals surface area contributed by atoms with Crippen LogP contribution in [0.3, 0.4) is 0 Å². The number of carbonyl (C=O) groups is 2. The highest BCUT2D eigenvalue weighted by atomic mass is 35.5. The molecule has 1 aliphatic carbocycles. The number of amides is 2. The van der Waals surface area contributed by atoms with Crippen LogP contribution in [0.25, 0.3) is 0 Å². The average molecular weight is 679 g/mol. The Morgan fingerprint density at radius 3 is 2.14 bits per heavy atom. The number of rotatable bonds is 11. The maximum Gasteiger partial charge on any atom is 0.264 e. The van der Waals surface area contributed by atoms with Gasteiger partial charge in [-0.15, -0.1) is 0 Å². The Balaban J connectivity index is 1.76. The quantitative estimate of drug-likeness (QED) is 0.225. The average Bonchev–Trinajstić information content (AvgIpc) is 2.99. The van der Waals surface area contributed by atoms with Crippen LogP contribution in [0.2, 0.25) is 15.1 Å². The fraction of sp³-hybridized carbons (Fsp3) is 0.394. The molecule has 0 saturated heterocycles. The molecule has 0 heterocycles. The highest BCUT2D eigenvalue weighted by molar-refractivity contribution is 7.92.